The van der Waals surface area contributed by atoms with E-state index in [1.54, 1.807) is 23.6 Å². The van der Waals surface area contributed by atoms with E-state index in [0.29, 0.717) is 19.0 Å². The molecule has 0 atom stereocenters. The summed E-state index contributed by atoms with van der Waals surface area (Å²) < 4.78 is 5.41. The number of carbonyl (C=O) groups excluding carboxylic acids is 1. The van der Waals surface area contributed by atoms with Crippen molar-refractivity contribution >= 4 is 23.3 Å². The van der Waals surface area contributed by atoms with Crippen molar-refractivity contribution in [3.63, 3.8) is 0 Å². The van der Waals surface area contributed by atoms with Gasteiger partial charge in [0.15, 0.2) is 0 Å². The fraction of sp³-hybridized carbons (Fsp3) is 0.200. The molecule has 0 spiro atoms. The average molecular weight is 288 g/mol. The van der Waals surface area contributed by atoms with E-state index in [1.807, 2.05) is 36.6 Å². The number of thiophene rings is 1. The Morgan fingerprint density at radius 1 is 1.45 bits per heavy atom. The van der Waals surface area contributed by atoms with Crippen LogP contribution in [0, 0.1) is 0 Å². The molecule has 2 aromatic rings. The molecule has 0 aliphatic carbocycles. The first-order valence-corrected chi connectivity index (χ1v) is 7.23. The van der Waals surface area contributed by atoms with Gasteiger partial charge in [-0.3, -0.25) is 4.79 Å². The summed E-state index contributed by atoms with van der Waals surface area (Å²) in [5.41, 5.74) is 0.868. The van der Waals surface area contributed by atoms with Crippen LogP contribution >= 0.6 is 11.3 Å². The Balaban J connectivity index is 1.90. The summed E-state index contributed by atoms with van der Waals surface area (Å²) in [5, 5.41) is 4.79. The van der Waals surface area contributed by atoms with Crippen molar-refractivity contribution in [2.24, 2.45) is 0 Å². The summed E-state index contributed by atoms with van der Waals surface area (Å²) in [7, 11) is 0. The van der Waals surface area contributed by atoms with E-state index in [9.17, 15) is 4.79 Å². The third-order valence-corrected chi connectivity index (χ3v) is 3.36. The highest BCUT2D eigenvalue weighted by Gasteiger charge is 2.04. The van der Waals surface area contributed by atoms with Crippen molar-refractivity contribution in [1.29, 1.82) is 0 Å². The van der Waals surface area contributed by atoms with Crippen LogP contribution in [-0.2, 0) is 11.3 Å². The zero-order chi connectivity index (χ0) is 14.2. The third-order valence-electron chi connectivity index (χ3n) is 2.53. The summed E-state index contributed by atoms with van der Waals surface area (Å²) in [6, 6.07) is 7.63. The molecule has 20 heavy (non-hydrogen) atoms. The van der Waals surface area contributed by atoms with Crippen molar-refractivity contribution in [2.45, 2.75) is 13.5 Å². The summed E-state index contributed by atoms with van der Waals surface area (Å²) in [6.07, 6.45) is 5.00. The van der Waals surface area contributed by atoms with Crippen LogP contribution in [0.1, 0.15) is 17.4 Å². The zero-order valence-electron chi connectivity index (χ0n) is 11.2. The number of carbonyl (C=O) groups is 1. The zero-order valence-corrected chi connectivity index (χ0v) is 12.0. The monoisotopic (exact) mass is 288 g/mol. The van der Waals surface area contributed by atoms with Gasteiger partial charge in [0.05, 0.1) is 6.61 Å². The average Bonchev–Trinajstić information content (AvgIpc) is 2.98. The van der Waals surface area contributed by atoms with Crippen LogP contribution in [0.15, 0.2) is 41.9 Å². The largest absolute Gasteiger partial charge is 0.478 e. The van der Waals surface area contributed by atoms with E-state index in [-0.39, 0.29) is 5.91 Å². The first-order valence-electron chi connectivity index (χ1n) is 6.35. The lowest BCUT2D eigenvalue weighted by Gasteiger charge is -2.08. The summed E-state index contributed by atoms with van der Waals surface area (Å²) in [4.78, 5) is 16.9. The molecular weight excluding hydrogens is 272 g/mol. The second kappa shape index (κ2) is 7.45. The van der Waals surface area contributed by atoms with Gasteiger partial charge in [0.2, 0.25) is 11.8 Å². The first kappa shape index (κ1) is 14.3. The van der Waals surface area contributed by atoms with Crippen molar-refractivity contribution in [3.05, 3.63) is 52.4 Å². The maximum absolute atomic E-state index is 11.7. The van der Waals surface area contributed by atoms with E-state index < -0.39 is 0 Å². The smallest absolute Gasteiger partial charge is 0.244 e. The van der Waals surface area contributed by atoms with Gasteiger partial charge in [-0.25, -0.2) is 4.98 Å². The summed E-state index contributed by atoms with van der Waals surface area (Å²) in [6.45, 7) is 2.85. The van der Waals surface area contributed by atoms with Crippen LogP contribution in [0.25, 0.3) is 6.08 Å². The van der Waals surface area contributed by atoms with Gasteiger partial charge in [-0.2, -0.15) is 0 Å². The van der Waals surface area contributed by atoms with Gasteiger partial charge in [-0.05, 0) is 30.5 Å². The van der Waals surface area contributed by atoms with Crippen LogP contribution in [0.4, 0.5) is 0 Å². The molecule has 1 N–H and O–H groups in total. The van der Waals surface area contributed by atoms with E-state index in [0.717, 1.165) is 10.4 Å². The lowest BCUT2D eigenvalue weighted by Crippen LogP contribution is -2.20. The van der Waals surface area contributed by atoms with Crippen molar-refractivity contribution in [2.75, 3.05) is 6.61 Å². The molecule has 0 radical (unpaired) electrons. The molecule has 0 saturated carbocycles. The van der Waals surface area contributed by atoms with Gasteiger partial charge in [0.25, 0.3) is 0 Å². The SMILES string of the molecule is CCOc1ncccc1CNC(=O)C=Cc1cccs1. The van der Waals surface area contributed by atoms with Gasteiger partial charge >= 0.3 is 0 Å². The minimum absolute atomic E-state index is 0.135. The van der Waals surface area contributed by atoms with E-state index in [4.69, 9.17) is 4.74 Å². The molecule has 0 aliphatic heterocycles. The molecule has 104 valence electrons. The lowest BCUT2D eigenvalue weighted by molar-refractivity contribution is -0.116. The molecule has 0 unspecified atom stereocenters. The molecule has 0 bridgehead atoms. The van der Waals surface area contributed by atoms with E-state index in [2.05, 4.69) is 10.3 Å². The molecule has 2 heterocycles. The number of rotatable bonds is 6. The summed E-state index contributed by atoms with van der Waals surface area (Å²) in [5.74, 6) is 0.433. The predicted octanol–water partition coefficient (Wildman–Crippen LogP) is 2.87. The molecule has 4 nitrogen and oxygen atoms in total. The second-order valence-corrected chi connectivity index (χ2v) is 4.95. The molecule has 0 aromatic carbocycles. The van der Waals surface area contributed by atoms with Crippen molar-refractivity contribution in [3.8, 4) is 5.88 Å². The van der Waals surface area contributed by atoms with Gasteiger partial charge in [0, 0.05) is 29.3 Å². The van der Waals surface area contributed by atoms with Crippen LogP contribution in [0.3, 0.4) is 0 Å². The lowest BCUT2D eigenvalue weighted by atomic mass is 10.2. The van der Waals surface area contributed by atoms with Gasteiger partial charge in [-0.1, -0.05) is 12.1 Å². The molecule has 0 saturated heterocycles. The summed E-state index contributed by atoms with van der Waals surface area (Å²) >= 11 is 1.59. The maximum Gasteiger partial charge on any atom is 0.244 e. The number of hydrogen-bond donors (Lipinski definition) is 1. The number of nitrogens with one attached hydrogen (secondary N) is 1. The van der Waals surface area contributed by atoms with Gasteiger partial charge in [-0.15, -0.1) is 11.3 Å². The van der Waals surface area contributed by atoms with Gasteiger partial charge < -0.3 is 10.1 Å². The molecular formula is C15H16N2O2S. The number of hydrogen-bond acceptors (Lipinski definition) is 4. The van der Waals surface area contributed by atoms with Crippen molar-refractivity contribution in [1.82, 2.24) is 10.3 Å². The number of ether oxygens (including phenoxy) is 1. The number of aromatic nitrogens is 1. The van der Waals surface area contributed by atoms with Crippen molar-refractivity contribution < 1.29 is 9.53 Å². The van der Waals surface area contributed by atoms with Gasteiger partial charge in [0.1, 0.15) is 0 Å². The molecule has 0 fully saturated rings. The van der Waals surface area contributed by atoms with E-state index in [1.165, 1.54) is 6.08 Å². The quantitative estimate of drug-likeness (QED) is 0.832. The molecule has 2 aromatic heterocycles. The molecule has 1 amide bonds. The first-order chi connectivity index (χ1) is 9.79. The van der Waals surface area contributed by atoms with Crippen LogP contribution < -0.4 is 10.1 Å². The topological polar surface area (TPSA) is 51.2 Å². The predicted molar refractivity (Wildman–Crippen MR) is 80.6 cm³/mol. The second-order valence-electron chi connectivity index (χ2n) is 3.97. The Kier molecular flexibility index (Phi) is 5.32. The third kappa shape index (κ3) is 4.20. The van der Waals surface area contributed by atoms with Crippen LogP contribution in [0.2, 0.25) is 0 Å². The number of amides is 1. The maximum atomic E-state index is 11.7. The van der Waals surface area contributed by atoms with Crippen LogP contribution in [-0.4, -0.2) is 17.5 Å². The Morgan fingerprint density at radius 3 is 3.10 bits per heavy atom. The Bertz CT molecular complexity index is 579. The molecule has 5 heteroatoms. The molecule has 2 rings (SSSR count). The Hall–Kier alpha value is -2.14. The normalized spacial score (nSPS) is 10.7. The number of pyridine rings is 1. The standard InChI is InChI=1S/C15H16N2O2S/c1-2-19-15-12(5-3-9-16-15)11-17-14(18)8-7-13-6-4-10-20-13/h3-10H,2,11H2,1H3,(H,17,18). The van der Waals surface area contributed by atoms with E-state index >= 15 is 0 Å². The Labute approximate surface area is 122 Å². The Morgan fingerprint density at radius 2 is 2.35 bits per heavy atom. The fourth-order valence-electron chi connectivity index (χ4n) is 1.61. The minimum Gasteiger partial charge on any atom is -0.478 e. The highest BCUT2D eigenvalue weighted by atomic mass is 32.1. The highest BCUT2D eigenvalue weighted by Crippen LogP contribution is 2.14. The van der Waals surface area contributed by atoms with Crippen LogP contribution in [0.5, 0.6) is 5.88 Å². The highest BCUT2D eigenvalue weighted by molar-refractivity contribution is 7.10. The minimum atomic E-state index is -0.135. The molecule has 0 aliphatic rings. The number of nitrogens with zero attached hydrogens (tertiary/aromatic N) is 1. The fourth-order valence-corrected chi connectivity index (χ4v) is 2.23.